The summed E-state index contributed by atoms with van der Waals surface area (Å²) in [4.78, 5) is 23.8. The number of carbonyl (C=O) groups excluding carboxylic acids is 1. The first-order chi connectivity index (χ1) is 14.9. The van der Waals surface area contributed by atoms with Crippen molar-refractivity contribution in [3.8, 4) is 0 Å². The van der Waals surface area contributed by atoms with Crippen LogP contribution < -0.4 is 16.1 Å². The molecule has 4 saturated heterocycles. The van der Waals surface area contributed by atoms with Gasteiger partial charge in [-0.25, -0.2) is 0 Å². The molecule has 5 N–H and O–H groups in total. The van der Waals surface area contributed by atoms with E-state index in [2.05, 4.69) is 46.7 Å². The summed E-state index contributed by atoms with van der Waals surface area (Å²) in [5.41, 5.74) is 3.49. The van der Waals surface area contributed by atoms with Gasteiger partial charge in [-0.2, -0.15) is 5.48 Å². The second-order valence-corrected chi connectivity index (χ2v) is 11.6. The lowest BCUT2D eigenvalue weighted by Crippen LogP contribution is -2.95. The van der Waals surface area contributed by atoms with Crippen LogP contribution in [0, 0.1) is 17.3 Å². The Bertz CT molecular complexity index is 581. The van der Waals surface area contributed by atoms with Crippen molar-refractivity contribution in [1.29, 1.82) is 0 Å². The van der Waals surface area contributed by atoms with Crippen LogP contribution in [0.1, 0.15) is 65.7 Å². The third kappa shape index (κ3) is 6.20. The first-order valence-corrected chi connectivity index (χ1v) is 13.0. The summed E-state index contributed by atoms with van der Waals surface area (Å²) < 4.78 is 0. The van der Waals surface area contributed by atoms with E-state index in [0.717, 1.165) is 52.0 Å². The minimum absolute atomic E-state index is 0.174. The van der Waals surface area contributed by atoms with Crippen LogP contribution in [0.15, 0.2) is 0 Å². The molecule has 4 fully saturated rings. The molecule has 178 valence electrons. The van der Waals surface area contributed by atoms with E-state index in [1.807, 2.05) is 0 Å². The van der Waals surface area contributed by atoms with Crippen LogP contribution in [0.3, 0.4) is 0 Å². The molecule has 0 spiro atoms. The number of piperazine rings is 1. The summed E-state index contributed by atoms with van der Waals surface area (Å²) in [5, 5.41) is 4.96. The van der Waals surface area contributed by atoms with Gasteiger partial charge in [-0.3, -0.25) is 14.5 Å². The Kier molecular flexibility index (Phi) is 7.91. The molecule has 0 radical (unpaired) electrons. The predicted octanol–water partition coefficient (Wildman–Crippen LogP) is -0.108. The minimum atomic E-state index is 0.174. The van der Waals surface area contributed by atoms with E-state index >= 15 is 0 Å². The molecule has 0 aliphatic carbocycles. The fourth-order valence-electron chi connectivity index (χ4n) is 6.14. The van der Waals surface area contributed by atoms with Crippen molar-refractivity contribution in [2.45, 2.75) is 84.0 Å². The molecule has 4 heterocycles. The zero-order chi connectivity index (χ0) is 21.8. The second kappa shape index (κ2) is 10.5. The number of nitrogens with zero attached hydrogens (tertiary/aromatic N) is 2. The molecule has 5 atom stereocenters. The van der Waals surface area contributed by atoms with Gasteiger partial charge in [0.05, 0.1) is 25.7 Å². The molecule has 7 nitrogen and oxygen atoms in total. The summed E-state index contributed by atoms with van der Waals surface area (Å²) in [5.74, 6) is 1.53. The fourth-order valence-corrected chi connectivity index (χ4v) is 6.14. The van der Waals surface area contributed by atoms with Gasteiger partial charge in [0.2, 0.25) is 5.91 Å². The van der Waals surface area contributed by atoms with Crippen LogP contribution in [-0.2, 0) is 9.63 Å². The van der Waals surface area contributed by atoms with E-state index in [-0.39, 0.29) is 11.5 Å². The van der Waals surface area contributed by atoms with Gasteiger partial charge in [-0.15, -0.1) is 0 Å². The van der Waals surface area contributed by atoms with Crippen molar-refractivity contribution in [1.82, 2.24) is 15.3 Å². The quantitative estimate of drug-likeness (QED) is 0.561. The number of nitrogens with one attached hydrogen (secondary N) is 1. The smallest absolute Gasteiger partial charge is 0.222 e. The highest BCUT2D eigenvalue weighted by atomic mass is 16.7. The molecule has 31 heavy (non-hydrogen) atoms. The minimum Gasteiger partial charge on any atom is -0.346 e. The molecule has 1 amide bonds. The van der Waals surface area contributed by atoms with E-state index < -0.39 is 0 Å². The number of hydrogen-bond donors (Lipinski definition) is 3. The van der Waals surface area contributed by atoms with Crippen LogP contribution in [0.25, 0.3) is 0 Å². The standard InChI is InChI=1S/C24H45N5O2/c1-24(2,3)21-16-20(27-31-21)14-19-17-25-9-7-18(19)15-23(30)29-12-10-28(11-13-29)22-6-4-5-8-26-22/h18-22,25-27H,4-17H2,1-3H3/p+2/t18-,19+,20?,21?,22?/m0/s1. The van der Waals surface area contributed by atoms with Crippen LogP contribution >= 0.6 is 0 Å². The molecular formula is C24H47N5O2+2. The van der Waals surface area contributed by atoms with Crippen molar-refractivity contribution in [3.63, 3.8) is 0 Å². The van der Waals surface area contributed by atoms with Crippen LogP contribution in [-0.4, -0.2) is 79.8 Å². The second-order valence-electron chi connectivity index (χ2n) is 11.6. The lowest BCUT2D eigenvalue weighted by atomic mass is 9.78. The van der Waals surface area contributed by atoms with Crippen molar-refractivity contribution in [2.75, 3.05) is 45.8 Å². The SMILES string of the molecule is CC(C)(C)C1CC(C[C@@H]2C[NH2+]CC[C@H]2CC(=O)N2CCN(C3CCCC[NH2+]3)CC2)NO1. The molecule has 4 aliphatic heterocycles. The van der Waals surface area contributed by atoms with Crippen molar-refractivity contribution in [2.24, 2.45) is 17.3 Å². The molecule has 0 aromatic carbocycles. The van der Waals surface area contributed by atoms with Crippen molar-refractivity contribution < 1.29 is 20.3 Å². The van der Waals surface area contributed by atoms with Crippen LogP contribution in [0.5, 0.6) is 0 Å². The Balaban J connectivity index is 1.24. The van der Waals surface area contributed by atoms with Crippen molar-refractivity contribution in [3.05, 3.63) is 0 Å². The van der Waals surface area contributed by atoms with Gasteiger partial charge in [-0.1, -0.05) is 20.8 Å². The highest BCUT2D eigenvalue weighted by Gasteiger charge is 2.39. The largest absolute Gasteiger partial charge is 0.346 e. The summed E-state index contributed by atoms with van der Waals surface area (Å²) in [6.07, 6.45) is 9.08. The Hall–Kier alpha value is -0.730. The lowest BCUT2D eigenvalue weighted by Gasteiger charge is -2.40. The third-order valence-corrected chi connectivity index (χ3v) is 8.27. The number of quaternary nitrogens is 2. The zero-order valence-corrected chi connectivity index (χ0v) is 20.2. The van der Waals surface area contributed by atoms with Crippen LogP contribution in [0.4, 0.5) is 0 Å². The lowest BCUT2D eigenvalue weighted by molar-refractivity contribution is -0.717. The Morgan fingerprint density at radius 3 is 2.55 bits per heavy atom. The Labute approximate surface area is 189 Å². The summed E-state index contributed by atoms with van der Waals surface area (Å²) in [6, 6.07) is 0.425. The maximum absolute atomic E-state index is 13.2. The number of hydroxylamine groups is 1. The van der Waals surface area contributed by atoms with Gasteiger partial charge in [0, 0.05) is 57.4 Å². The number of carbonyl (C=O) groups is 1. The molecule has 0 saturated carbocycles. The zero-order valence-electron chi connectivity index (χ0n) is 20.2. The molecule has 4 aliphatic rings. The predicted molar refractivity (Wildman–Crippen MR) is 121 cm³/mol. The van der Waals surface area contributed by atoms with Crippen molar-refractivity contribution >= 4 is 5.91 Å². The average molecular weight is 438 g/mol. The monoisotopic (exact) mass is 437 g/mol. The Morgan fingerprint density at radius 1 is 1.06 bits per heavy atom. The average Bonchev–Trinajstić information content (AvgIpc) is 3.25. The number of nitrogens with two attached hydrogens (primary N) is 2. The first kappa shape index (κ1) is 23.4. The number of piperidine rings is 2. The molecular weight excluding hydrogens is 390 g/mol. The van der Waals surface area contributed by atoms with E-state index in [9.17, 15) is 4.79 Å². The van der Waals surface area contributed by atoms with Crippen LogP contribution in [0.2, 0.25) is 0 Å². The van der Waals surface area contributed by atoms with E-state index in [4.69, 9.17) is 4.84 Å². The van der Waals surface area contributed by atoms with E-state index in [1.54, 1.807) is 0 Å². The molecule has 3 unspecified atom stereocenters. The molecule has 4 rings (SSSR count). The van der Waals surface area contributed by atoms with E-state index in [0.29, 0.717) is 30.0 Å². The van der Waals surface area contributed by atoms with Gasteiger partial charge < -0.3 is 15.5 Å². The number of hydrogen-bond acceptors (Lipinski definition) is 4. The maximum Gasteiger partial charge on any atom is 0.222 e. The third-order valence-electron chi connectivity index (χ3n) is 8.27. The maximum atomic E-state index is 13.2. The Morgan fingerprint density at radius 2 is 1.87 bits per heavy atom. The molecule has 0 aromatic heterocycles. The number of amides is 1. The highest BCUT2D eigenvalue weighted by Crippen LogP contribution is 2.33. The normalized spacial score (nSPS) is 36.0. The fraction of sp³-hybridized carbons (Fsp3) is 0.958. The van der Waals surface area contributed by atoms with Gasteiger partial charge >= 0.3 is 0 Å². The van der Waals surface area contributed by atoms with E-state index in [1.165, 1.54) is 38.8 Å². The molecule has 0 bridgehead atoms. The molecule has 7 heteroatoms. The van der Waals surface area contributed by atoms with Gasteiger partial charge in [0.1, 0.15) is 6.17 Å². The van der Waals surface area contributed by atoms with Gasteiger partial charge in [-0.05, 0) is 37.0 Å². The summed E-state index contributed by atoms with van der Waals surface area (Å²) in [7, 11) is 0. The van der Waals surface area contributed by atoms with Gasteiger partial charge in [0.25, 0.3) is 0 Å². The highest BCUT2D eigenvalue weighted by molar-refractivity contribution is 5.76. The first-order valence-electron chi connectivity index (χ1n) is 13.0. The summed E-state index contributed by atoms with van der Waals surface area (Å²) in [6.45, 7) is 14.3. The summed E-state index contributed by atoms with van der Waals surface area (Å²) >= 11 is 0. The number of rotatable bonds is 5. The molecule has 0 aromatic rings. The topological polar surface area (TPSA) is 78.0 Å². The van der Waals surface area contributed by atoms with Gasteiger partial charge in [0.15, 0.2) is 0 Å².